The lowest BCUT2D eigenvalue weighted by atomic mass is 9.76. The summed E-state index contributed by atoms with van der Waals surface area (Å²) in [5.74, 6) is -0.950. The monoisotopic (exact) mass is 284 g/mol. The molecule has 1 unspecified atom stereocenters. The summed E-state index contributed by atoms with van der Waals surface area (Å²) in [5.41, 5.74) is -0.419. The van der Waals surface area contributed by atoms with Crippen LogP contribution in [0.2, 0.25) is 0 Å². The molecule has 20 heavy (non-hydrogen) atoms. The molecule has 0 bridgehead atoms. The number of carboxylic acid groups (broad SMARTS) is 1. The van der Waals surface area contributed by atoms with Crippen molar-refractivity contribution >= 4 is 11.9 Å². The molecule has 2 rings (SSSR count). The number of likely N-dealkylation sites (tertiary alicyclic amines) is 1. The molecule has 2 aliphatic rings. The van der Waals surface area contributed by atoms with E-state index in [0.29, 0.717) is 19.7 Å². The molecule has 0 aromatic carbocycles. The van der Waals surface area contributed by atoms with Crippen LogP contribution in [0.1, 0.15) is 19.8 Å². The van der Waals surface area contributed by atoms with Crippen molar-refractivity contribution in [2.75, 3.05) is 39.9 Å². The van der Waals surface area contributed by atoms with Gasteiger partial charge in [-0.05, 0) is 25.9 Å². The molecule has 2 aliphatic heterocycles. The predicted molar refractivity (Wildman–Crippen MR) is 73.3 cm³/mol. The predicted octanol–water partition coefficient (Wildman–Crippen LogP) is 0.182. The number of nitrogens with one attached hydrogen (secondary N) is 1. The number of nitrogens with zero attached hydrogens (tertiary/aromatic N) is 1. The normalized spacial score (nSPS) is 24.0. The highest BCUT2D eigenvalue weighted by atomic mass is 16.5. The van der Waals surface area contributed by atoms with Gasteiger partial charge in [0.05, 0.1) is 17.9 Å². The van der Waals surface area contributed by atoms with E-state index in [4.69, 9.17) is 9.84 Å². The Morgan fingerprint density at radius 3 is 2.50 bits per heavy atom. The van der Waals surface area contributed by atoms with Crippen LogP contribution in [-0.2, 0) is 14.3 Å². The second kappa shape index (κ2) is 6.10. The van der Waals surface area contributed by atoms with Crippen LogP contribution >= 0.6 is 0 Å². The molecule has 2 saturated heterocycles. The van der Waals surface area contributed by atoms with Gasteiger partial charge in [-0.25, -0.2) is 0 Å². The smallest absolute Gasteiger partial charge is 0.306 e. The van der Waals surface area contributed by atoms with Crippen molar-refractivity contribution in [3.05, 3.63) is 0 Å². The first-order valence-corrected chi connectivity index (χ1v) is 7.22. The molecule has 0 spiro atoms. The first-order valence-electron chi connectivity index (χ1n) is 7.22. The third-order valence-electron chi connectivity index (χ3n) is 4.73. The van der Waals surface area contributed by atoms with Gasteiger partial charge in [-0.2, -0.15) is 0 Å². The molecule has 2 heterocycles. The number of piperidine rings is 1. The molecule has 0 radical (unpaired) electrons. The van der Waals surface area contributed by atoms with Crippen LogP contribution in [0.15, 0.2) is 0 Å². The fourth-order valence-electron chi connectivity index (χ4n) is 3.13. The number of ether oxygens (including phenoxy) is 1. The molecular weight excluding hydrogens is 260 g/mol. The van der Waals surface area contributed by atoms with Crippen LogP contribution in [0, 0.1) is 17.3 Å². The average molecular weight is 284 g/mol. The van der Waals surface area contributed by atoms with Crippen LogP contribution in [0.5, 0.6) is 0 Å². The summed E-state index contributed by atoms with van der Waals surface area (Å²) >= 11 is 0. The lowest BCUT2D eigenvalue weighted by molar-refractivity contribution is -0.160. The molecule has 6 nitrogen and oxygen atoms in total. The SMILES string of the molecule is COCC1(C(=O)N2CC(C(C)C(=O)O)C2)CCNCC1. The maximum absolute atomic E-state index is 12.7. The first kappa shape index (κ1) is 15.3. The highest BCUT2D eigenvalue weighted by Gasteiger charge is 2.46. The third-order valence-corrected chi connectivity index (χ3v) is 4.73. The topological polar surface area (TPSA) is 78.9 Å². The Balaban J connectivity index is 1.95. The Hall–Kier alpha value is -1.14. The van der Waals surface area contributed by atoms with E-state index in [9.17, 15) is 9.59 Å². The maximum atomic E-state index is 12.7. The molecule has 114 valence electrons. The van der Waals surface area contributed by atoms with Crippen molar-refractivity contribution < 1.29 is 19.4 Å². The zero-order valence-electron chi connectivity index (χ0n) is 12.2. The van der Waals surface area contributed by atoms with Gasteiger partial charge < -0.3 is 20.1 Å². The van der Waals surface area contributed by atoms with E-state index in [0.717, 1.165) is 25.9 Å². The zero-order valence-corrected chi connectivity index (χ0v) is 12.2. The summed E-state index contributed by atoms with van der Waals surface area (Å²) in [5, 5.41) is 12.3. The number of aliphatic carboxylic acids is 1. The summed E-state index contributed by atoms with van der Waals surface area (Å²) in [7, 11) is 1.63. The first-order chi connectivity index (χ1) is 9.50. The molecule has 1 atom stereocenters. The molecule has 1 amide bonds. The van der Waals surface area contributed by atoms with Gasteiger partial charge in [-0.3, -0.25) is 9.59 Å². The lowest BCUT2D eigenvalue weighted by Gasteiger charge is -2.47. The van der Waals surface area contributed by atoms with E-state index in [1.807, 2.05) is 0 Å². The van der Waals surface area contributed by atoms with Crippen LogP contribution in [-0.4, -0.2) is 61.8 Å². The van der Waals surface area contributed by atoms with Crippen molar-refractivity contribution in [2.45, 2.75) is 19.8 Å². The molecule has 0 aliphatic carbocycles. The number of hydrogen-bond acceptors (Lipinski definition) is 4. The third kappa shape index (κ3) is 2.81. The van der Waals surface area contributed by atoms with Crippen molar-refractivity contribution in [1.29, 1.82) is 0 Å². The largest absolute Gasteiger partial charge is 0.481 e. The Kier molecular flexibility index (Phi) is 4.65. The van der Waals surface area contributed by atoms with Crippen LogP contribution < -0.4 is 5.32 Å². The van der Waals surface area contributed by atoms with E-state index in [2.05, 4.69) is 5.32 Å². The number of rotatable bonds is 5. The summed E-state index contributed by atoms with van der Waals surface area (Å²) in [4.78, 5) is 25.4. The second-order valence-corrected chi connectivity index (χ2v) is 6.06. The van der Waals surface area contributed by atoms with Crippen LogP contribution in [0.3, 0.4) is 0 Å². The summed E-state index contributed by atoms with van der Waals surface area (Å²) in [6, 6.07) is 0. The Labute approximate surface area is 119 Å². The number of hydrogen-bond donors (Lipinski definition) is 2. The maximum Gasteiger partial charge on any atom is 0.306 e. The summed E-state index contributed by atoms with van der Waals surface area (Å²) in [6.45, 7) is 4.94. The summed E-state index contributed by atoms with van der Waals surface area (Å²) in [6.07, 6.45) is 1.57. The summed E-state index contributed by atoms with van der Waals surface area (Å²) < 4.78 is 5.27. The number of carbonyl (C=O) groups is 2. The minimum absolute atomic E-state index is 0.0813. The van der Waals surface area contributed by atoms with E-state index < -0.39 is 11.4 Å². The lowest BCUT2D eigenvalue weighted by Crippen LogP contribution is -2.60. The van der Waals surface area contributed by atoms with Crippen LogP contribution in [0.4, 0.5) is 0 Å². The zero-order chi connectivity index (χ0) is 14.8. The molecule has 0 aromatic rings. The number of methoxy groups -OCH3 is 1. The quantitative estimate of drug-likeness (QED) is 0.753. The van der Waals surface area contributed by atoms with E-state index >= 15 is 0 Å². The van der Waals surface area contributed by atoms with Gasteiger partial charge in [0, 0.05) is 26.1 Å². The average Bonchev–Trinajstić information content (AvgIpc) is 2.38. The van der Waals surface area contributed by atoms with Gasteiger partial charge in [0.25, 0.3) is 0 Å². The van der Waals surface area contributed by atoms with Gasteiger partial charge in [0.15, 0.2) is 0 Å². The number of carboxylic acids is 1. The van der Waals surface area contributed by atoms with Crippen molar-refractivity contribution in [2.24, 2.45) is 17.3 Å². The van der Waals surface area contributed by atoms with E-state index in [-0.39, 0.29) is 17.7 Å². The molecule has 0 aromatic heterocycles. The molecule has 2 N–H and O–H groups in total. The van der Waals surface area contributed by atoms with Gasteiger partial charge in [-0.15, -0.1) is 0 Å². The Morgan fingerprint density at radius 1 is 1.40 bits per heavy atom. The molecular formula is C14H24N2O4. The van der Waals surface area contributed by atoms with Crippen molar-refractivity contribution in [3.63, 3.8) is 0 Å². The molecule has 0 saturated carbocycles. The fourth-order valence-corrected chi connectivity index (χ4v) is 3.13. The standard InChI is InChI=1S/C14H24N2O4/c1-10(12(17)18)11-7-16(8-11)13(19)14(9-20-2)3-5-15-6-4-14/h10-11,15H,3-9H2,1-2H3,(H,17,18). The highest BCUT2D eigenvalue weighted by molar-refractivity contribution is 5.84. The molecule has 2 fully saturated rings. The van der Waals surface area contributed by atoms with Gasteiger partial charge in [-0.1, -0.05) is 6.92 Å². The van der Waals surface area contributed by atoms with Gasteiger partial charge in [0.2, 0.25) is 5.91 Å². The molecule has 6 heteroatoms. The van der Waals surface area contributed by atoms with Gasteiger partial charge >= 0.3 is 5.97 Å². The van der Waals surface area contributed by atoms with E-state index in [1.165, 1.54) is 0 Å². The fraction of sp³-hybridized carbons (Fsp3) is 0.857. The number of amides is 1. The van der Waals surface area contributed by atoms with Gasteiger partial charge in [0.1, 0.15) is 0 Å². The van der Waals surface area contributed by atoms with Crippen molar-refractivity contribution in [1.82, 2.24) is 10.2 Å². The number of carbonyl (C=O) groups excluding carboxylic acids is 1. The van der Waals surface area contributed by atoms with Crippen molar-refractivity contribution in [3.8, 4) is 0 Å². The second-order valence-electron chi connectivity index (χ2n) is 6.06. The van der Waals surface area contributed by atoms with E-state index in [1.54, 1.807) is 18.9 Å². The highest BCUT2D eigenvalue weighted by Crippen LogP contribution is 2.35. The Bertz CT molecular complexity index is 368. The Morgan fingerprint density at radius 2 is 2.00 bits per heavy atom. The minimum Gasteiger partial charge on any atom is -0.481 e. The van der Waals surface area contributed by atoms with Crippen LogP contribution in [0.25, 0.3) is 0 Å². The minimum atomic E-state index is -0.782.